The van der Waals surface area contributed by atoms with Crippen molar-refractivity contribution in [1.29, 1.82) is 5.26 Å². The fourth-order valence-corrected chi connectivity index (χ4v) is 1.63. The van der Waals surface area contributed by atoms with E-state index in [0.29, 0.717) is 0 Å². The Balaban J connectivity index is 2.60. The van der Waals surface area contributed by atoms with Crippen molar-refractivity contribution in [2.75, 3.05) is 0 Å². The SMILES string of the molecule is N#CC(C=NO)c1cccc2[nH]ccc12. The van der Waals surface area contributed by atoms with E-state index in [2.05, 4.69) is 16.2 Å². The molecule has 1 atom stereocenters. The molecule has 0 saturated carbocycles. The molecule has 4 heteroatoms. The van der Waals surface area contributed by atoms with E-state index in [1.807, 2.05) is 30.5 Å². The van der Waals surface area contributed by atoms with Gasteiger partial charge in [0, 0.05) is 17.1 Å². The fourth-order valence-electron chi connectivity index (χ4n) is 1.63. The number of benzene rings is 1. The predicted octanol–water partition coefficient (Wildman–Crippen LogP) is 2.24. The number of rotatable bonds is 2. The van der Waals surface area contributed by atoms with Gasteiger partial charge in [0.2, 0.25) is 0 Å². The number of nitriles is 1. The van der Waals surface area contributed by atoms with Crippen molar-refractivity contribution in [3.63, 3.8) is 0 Å². The summed E-state index contributed by atoms with van der Waals surface area (Å²) in [5.41, 5.74) is 1.81. The molecule has 4 nitrogen and oxygen atoms in total. The largest absolute Gasteiger partial charge is 0.411 e. The maximum absolute atomic E-state index is 8.94. The zero-order chi connectivity index (χ0) is 10.7. The third-order valence-corrected chi connectivity index (χ3v) is 2.32. The first-order chi connectivity index (χ1) is 7.36. The summed E-state index contributed by atoms with van der Waals surface area (Å²) in [6.07, 6.45) is 3.04. The van der Waals surface area contributed by atoms with E-state index in [-0.39, 0.29) is 0 Å². The Labute approximate surface area is 86.5 Å². The summed E-state index contributed by atoms with van der Waals surface area (Å²) < 4.78 is 0. The van der Waals surface area contributed by atoms with Gasteiger partial charge in [-0.2, -0.15) is 5.26 Å². The lowest BCUT2D eigenvalue weighted by Crippen LogP contribution is -1.97. The Bertz CT molecular complexity index is 536. The number of aromatic nitrogens is 1. The highest BCUT2D eigenvalue weighted by atomic mass is 16.4. The minimum absolute atomic E-state index is 0.519. The smallest absolute Gasteiger partial charge is 0.110 e. The van der Waals surface area contributed by atoms with Gasteiger partial charge in [0.15, 0.2) is 0 Å². The number of nitrogens with zero attached hydrogens (tertiary/aromatic N) is 2. The molecule has 74 valence electrons. The van der Waals surface area contributed by atoms with Gasteiger partial charge in [-0.15, -0.1) is 5.16 Å². The highest BCUT2D eigenvalue weighted by molar-refractivity contribution is 5.88. The van der Waals surface area contributed by atoms with Crippen molar-refractivity contribution in [3.05, 3.63) is 36.0 Å². The monoisotopic (exact) mass is 199 g/mol. The molecule has 0 bridgehead atoms. The molecule has 0 fully saturated rings. The molecule has 1 aromatic heterocycles. The Hall–Kier alpha value is -2.28. The predicted molar refractivity (Wildman–Crippen MR) is 56.9 cm³/mol. The van der Waals surface area contributed by atoms with Crippen molar-refractivity contribution < 1.29 is 5.21 Å². The first-order valence-electron chi connectivity index (χ1n) is 4.50. The third kappa shape index (κ3) is 1.55. The normalized spacial score (nSPS) is 13.0. The maximum atomic E-state index is 8.94. The molecule has 15 heavy (non-hydrogen) atoms. The lowest BCUT2D eigenvalue weighted by atomic mass is 9.98. The van der Waals surface area contributed by atoms with Crippen molar-refractivity contribution in [2.45, 2.75) is 5.92 Å². The Morgan fingerprint density at radius 3 is 3.07 bits per heavy atom. The van der Waals surface area contributed by atoms with Gasteiger partial charge in [0.1, 0.15) is 5.92 Å². The molecule has 2 rings (SSSR count). The number of nitrogens with one attached hydrogen (secondary N) is 1. The molecular formula is C11H9N3O. The summed E-state index contributed by atoms with van der Waals surface area (Å²) >= 11 is 0. The molecule has 0 saturated heterocycles. The van der Waals surface area contributed by atoms with E-state index in [1.165, 1.54) is 6.21 Å². The van der Waals surface area contributed by atoms with E-state index in [1.54, 1.807) is 0 Å². The molecule has 2 N–H and O–H groups in total. The van der Waals surface area contributed by atoms with Crippen LogP contribution >= 0.6 is 0 Å². The number of hydrogen-bond acceptors (Lipinski definition) is 3. The molecule has 0 spiro atoms. The summed E-state index contributed by atoms with van der Waals surface area (Å²) in [4.78, 5) is 3.06. The van der Waals surface area contributed by atoms with Gasteiger partial charge in [-0.1, -0.05) is 12.1 Å². The van der Waals surface area contributed by atoms with Crippen molar-refractivity contribution in [2.24, 2.45) is 5.16 Å². The van der Waals surface area contributed by atoms with Crippen LogP contribution in [0.2, 0.25) is 0 Å². The van der Waals surface area contributed by atoms with E-state index in [9.17, 15) is 0 Å². The molecule has 0 aliphatic rings. The molecule has 0 amide bonds. The maximum Gasteiger partial charge on any atom is 0.110 e. The minimum atomic E-state index is -0.519. The molecule has 1 aromatic carbocycles. The number of aromatic amines is 1. The van der Waals surface area contributed by atoms with Gasteiger partial charge >= 0.3 is 0 Å². The van der Waals surface area contributed by atoms with Gasteiger partial charge in [-0.05, 0) is 17.7 Å². The van der Waals surface area contributed by atoms with Crippen molar-refractivity contribution >= 4 is 17.1 Å². The molecule has 1 heterocycles. The van der Waals surface area contributed by atoms with Crippen LogP contribution in [-0.4, -0.2) is 16.4 Å². The average molecular weight is 199 g/mol. The van der Waals surface area contributed by atoms with E-state index in [0.717, 1.165) is 16.5 Å². The molecule has 0 radical (unpaired) electrons. The highest BCUT2D eigenvalue weighted by Crippen LogP contribution is 2.23. The Morgan fingerprint density at radius 2 is 2.33 bits per heavy atom. The first-order valence-corrected chi connectivity index (χ1v) is 4.50. The topological polar surface area (TPSA) is 72.2 Å². The quantitative estimate of drug-likeness (QED) is 0.442. The van der Waals surface area contributed by atoms with E-state index < -0.39 is 5.92 Å². The Kier molecular flexibility index (Phi) is 2.38. The lowest BCUT2D eigenvalue weighted by Gasteiger charge is -2.04. The van der Waals surface area contributed by atoms with Crippen LogP contribution in [-0.2, 0) is 0 Å². The summed E-state index contributed by atoms with van der Waals surface area (Å²) in [6, 6.07) is 9.63. The van der Waals surface area contributed by atoms with Gasteiger partial charge in [0.25, 0.3) is 0 Å². The summed E-state index contributed by atoms with van der Waals surface area (Å²) in [5, 5.41) is 21.3. The molecule has 0 aliphatic heterocycles. The highest BCUT2D eigenvalue weighted by Gasteiger charge is 2.11. The molecular weight excluding hydrogens is 190 g/mol. The van der Waals surface area contributed by atoms with E-state index in [4.69, 9.17) is 10.5 Å². The van der Waals surface area contributed by atoms with Crippen LogP contribution in [0.25, 0.3) is 10.9 Å². The van der Waals surface area contributed by atoms with Crippen LogP contribution in [0.1, 0.15) is 11.5 Å². The standard InChI is InChI=1S/C11H9N3O/c12-6-8(7-14-15)9-2-1-3-11-10(9)4-5-13-11/h1-5,7-8,13,15H. The number of H-pyrrole nitrogens is 1. The number of oxime groups is 1. The van der Waals surface area contributed by atoms with Gasteiger partial charge in [-0.3, -0.25) is 0 Å². The number of hydrogen-bond donors (Lipinski definition) is 2. The molecule has 1 unspecified atom stereocenters. The minimum Gasteiger partial charge on any atom is -0.411 e. The van der Waals surface area contributed by atoms with E-state index >= 15 is 0 Å². The van der Waals surface area contributed by atoms with Crippen molar-refractivity contribution in [1.82, 2.24) is 4.98 Å². The van der Waals surface area contributed by atoms with Crippen LogP contribution in [0.3, 0.4) is 0 Å². The van der Waals surface area contributed by atoms with Crippen LogP contribution in [0.5, 0.6) is 0 Å². The second kappa shape index (κ2) is 3.84. The van der Waals surface area contributed by atoms with Gasteiger partial charge in [-0.25, -0.2) is 0 Å². The zero-order valence-corrected chi connectivity index (χ0v) is 7.88. The number of fused-ring (bicyclic) bond motifs is 1. The van der Waals surface area contributed by atoms with Crippen LogP contribution in [0.15, 0.2) is 35.6 Å². The lowest BCUT2D eigenvalue weighted by molar-refractivity contribution is 0.320. The average Bonchev–Trinajstić information content (AvgIpc) is 2.73. The first kappa shape index (κ1) is 9.28. The molecule has 2 aromatic rings. The van der Waals surface area contributed by atoms with Crippen LogP contribution in [0, 0.1) is 11.3 Å². The van der Waals surface area contributed by atoms with Crippen LogP contribution in [0.4, 0.5) is 0 Å². The van der Waals surface area contributed by atoms with Crippen LogP contribution < -0.4 is 0 Å². The van der Waals surface area contributed by atoms with Gasteiger partial charge < -0.3 is 10.2 Å². The Morgan fingerprint density at radius 1 is 1.47 bits per heavy atom. The third-order valence-electron chi connectivity index (χ3n) is 2.32. The summed E-state index contributed by atoms with van der Waals surface area (Å²) in [5.74, 6) is -0.519. The van der Waals surface area contributed by atoms with Crippen molar-refractivity contribution in [3.8, 4) is 6.07 Å². The molecule has 0 aliphatic carbocycles. The summed E-state index contributed by atoms with van der Waals surface area (Å²) in [7, 11) is 0. The fraction of sp³-hybridized carbons (Fsp3) is 0.0909. The summed E-state index contributed by atoms with van der Waals surface area (Å²) in [6.45, 7) is 0. The van der Waals surface area contributed by atoms with Gasteiger partial charge in [0.05, 0.1) is 12.3 Å². The second-order valence-electron chi connectivity index (χ2n) is 3.16. The zero-order valence-electron chi connectivity index (χ0n) is 7.88. The second-order valence-corrected chi connectivity index (χ2v) is 3.16.